The van der Waals surface area contributed by atoms with Crippen LogP contribution >= 0.6 is 0 Å². The molecule has 1 atom stereocenters. The number of H-pyrrole nitrogens is 1. The van der Waals surface area contributed by atoms with Crippen molar-refractivity contribution in [2.45, 2.75) is 26.1 Å². The predicted octanol–water partition coefficient (Wildman–Crippen LogP) is 3.62. The van der Waals surface area contributed by atoms with Crippen molar-refractivity contribution in [3.8, 4) is 0 Å². The molecule has 5 rings (SSSR count). The van der Waals surface area contributed by atoms with Crippen molar-refractivity contribution in [1.82, 2.24) is 24.8 Å². The molecule has 0 radical (unpaired) electrons. The number of aromatic nitrogens is 4. The maximum absolute atomic E-state index is 13.1. The lowest BCUT2D eigenvalue weighted by Crippen LogP contribution is -2.50. The summed E-state index contributed by atoms with van der Waals surface area (Å²) in [6.07, 6.45) is -5.56. The molecule has 0 aliphatic carbocycles. The van der Waals surface area contributed by atoms with Crippen molar-refractivity contribution in [3.05, 3.63) is 59.2 Å². The van der Waals surface area contributed by atoms with Crippen molar-refractivity contribution in [1.29, 1.82) is 0 Å². The van der Waals surface area contributed by atoms with E-state index in [-0.39, 0.29) is 35.8 Å². The second-order valence-electron chi connectivity index (χ2n) is 8.51. The van der Waals surface area contributed by atoms with Gasteiger partial charge in [-0.25, -0.2) is 15.0 Å². The standard InChI is InChI=1S/C24H21F3N6O3/c1-12-13(2)29-18-9-14(3-5-16(18)28-12)22(35)33-7-8-36-20(11-33)21(34)30-15-4-6-17-19(10-15)32-23(31-17)24(25,26)27/h3-6,9-10,20H,7-8,11H2,1-2H3,(H,30,34)(H,31,32). The van der Waals surface area contributed by atoms with Gasteiger partial charge in [0.1, 0.15) is 0 Å². The van der Waals surface area contributed by atoms with Crippen molar-refractivity contribution in [2.24, 2.45) is 0 Å². The Morgan fingerprint density at radius 3 is 2.50 bits per heavy atom. The molecule has 1 unspecified atom stereocenters. The zero-order chi connectivity index (χ0) is 25.6. The summed E-state index contributed by atoms with van der Waals surface area (Å²) in [4.78, 5) is 42.2. The minimum atomic E-state index is -4.61. The minimum absolute atomic E-state index is 0.0197. The van der Waals surface area contributed by atoms with Gasteiger partial charge in [-0.1, -0.05) is 0 Å². The average molecular weight is 498 g/mol. The Bertz CT molecular complexity index is 1500. The number of benzene rings is 2. The number of nitrogens with zero attached hydrogens (tertiary/aromatic N) is 4. The van der Waals surface area contributed by atoms with Crippen LogP contribution in [0, 0.1) is 13.8 Å². The Hall–Kier alpha value is -4.06. The number of amides is 2. The topological polar surface area (TPSA) is 113 Å². The lowest BCUT2D eigenvalue weighted by atomic mass is 10.1. The van der Waals surface area contributed by atoms with Crippen LogP contribution < -0.4 is 5.32 Å². The number of imidazole rings is 1. The number of ether oxygens (including phenoxy) is 1. The molecule has 2 aromatic carbocycles. The first kappa shape index (κ1) is 23.7. The van der Waals surface area contributed by atoms with Crippen LogP contribution in [0.1, 0.15) is 27.6 Å². The first-order chi connectivity index (χ1) is 17.1. The number of alkyl halides is 3. The molecule has 0 saturated carbocycles. The van der Waals surface area contributed by atoms with Gasteiger partial charge in [-0.05, 0) is 50.2 Å². The third-order valence-corrected chi connectivity index (χ3v) is 5.99. The normalized spacial score (nSPS) is 16.5. The molecule has 3 heterocycles. The van der Waals surface area contributed by atoms with Crippen LogP contribution in [-0.4, -0.2) is 62.5 Å². The van der Waals surface area contributed by atoms with E-state index in [1.165, 1.54) is 23.1 Å². The van der Waals surface area contributed by atoms with E-state index in [4.69, 9.17) is 4.74 Å². The summed E-state index contributed by atoms with van der Waals surface area (Å²) in [5, 5.41) is 2.64. The average Bonchev–Trinajstić information content (AvgIpc) is 3.28. The van der Waals surface area contributed by atoms with Crippen molar-refractivity contribution in [3.63, 3.8) is 0 Å². The van der Waals surface area contributed by atoms with E-state index in [0.29, 0.717) is 23.1 Å². The third kappa shape index (κ3) is 4.59. The van der Waals surface area contributed by atoms with Crippen LogP contribution in [0.4, 0.5) is 18.9 Å². The Kier molecular flexibility index (Phi) is 5.83. The Morgan fingerprint density at radius 1 is 1.03 bits per heavy atom. The van der Waals surface area contributed by atoms with Gasteiger partial charge in [-0.2, -0.15) is 13.2 Å². The fraction of sp³-hybridized carbons (Fsp3) is 0.292. The van der Waals surface area contributed by atoms with Crippen LogP contribution in [0.5, 0.6) is 0 Å². The molecule has 1 aliphatic heterocycles. The molecular formula is C24H21F3N6O3. The number of aromatic amines is 1. The number of carbonyl (C=O) groups is 2. The second kappa shape index (κ2) is 8.86. The molecule has 1 aliphatic rings. The molecule has 0 bridgehead atoms. The highest BCUT2D eigenvalue weighted by Gasteiger charge is 2.35. The molecule has 2 aromatic heterocycles. The van der Waals surface area contributed by atoms with Gasteiger partial charge in [0.15, 0.2) is 6.10 Å². The maximum Gasteiger partial charge on any atom is 0.449 e. The Morgan fingerprint density at radius 2 is 1.75 bits per heavy atom. The molecule has 9 nitrogen and oxygen atoms in total. The number of hydrogen-bond acceptors (Lipinski definition) is 6. The maximum atomic E-state index is 13.1. The van der Waals surface area contributed by atoms with Gasteiger partial charge in [0.25, 0.3) is 11.8 Å². The fourth-order valence-corrected chi connectivity index (χ4v) is 3.98. The van der Waals surface area contributed by atoms with E-state index < -0.39 is 24.0 Å². The van der Waals surface area contributed by atoms with Gasteiger partial charge in [0, 0.05) is 17.8 Å². The summed E-state index contributed by atoms with van der Waals surface area (Å²) in [5.74, 6) is -1.90. The highest BCUT2D eigenvalue weighted by atomic mass is 19.4. The number of nitrogens with one attached hydrogen (secondary N) is 2. The number of morpholine rings is 1. The zero-order valence-electron chi connectivity index (χ0n) is 19.3. The zero-order valence-corrected chi connectivity index (χ0v) is 19.3. The summed E-state index contributed by atoms with van der Waals surface area (Å²) in [6, 6.07) is 9.28. The Labute approximate surface area is 202 Å². The van der Waals surface area contributed by atoms with Gasteiger partial charge < -0.3 is 19.9 Å². The number of rotatable bonds is 3. The summed E-state index contributed by atoms with van der Waals surface area (Å²) < 4.78 is 44.3. The fourth-order valence-electron chi connectivity index (χ4n) is 3.98. The van der Waals surface area contributed by atoms with E-state index in [1.54, 1.807) is 18.2 Å². The van der Waals surface area contributed by atoms with Gasteiger partial charge in [0.2, 0.25) is 5.82 Å². The van der Waals surface area contributed by atoms with Crippen LogP contribution in [0.25, 0.3) is 22.1 Å². The van der Waals surface area contributed by atoms with Gasteiger partial charge >= 0.3 is 6.18 Å². The number of fused-ring (bicyclic) bond motifs is 2. The number of carbonyl (C=O) groups excluding carboxylic acids is 2. The van der Waals surface area contributed by atoms with E-state index in [2.05, 4.69) is 25.3 Å². The first-order valence-corrected chi connectivity index (χ1v) is 11.1. The lowest BCUT2D eigenvalue weighted by molar-refractivity contribution is -0.144. The third-order valence-electron chi connectivity index (χ3n) is 5.99. The van der Waals surface area contributed by atoms with E-state index in [0.717, 1.165) is 11.4 Å². The first-order valence-electron chi connectivity index (χ1n) is 11.1. The van der Waals surface area contributed by atoms with Gasteiger partial charge in [-0.15, -0.1) is 0 Å². The second-order valence-corrected chi connectivity index (χ2v) is 8.51. The highest BCUT2D eigenvalue weighted by molar-refractivity contribution is 5.99. The van der Waals surface area contributed by atoms with Crippen molar-refractivity contribution < 1.29 is 27.5 Å². The molecule has 2 N–H and O–H groups in total. The molecule has 4 aromatic rings. The lowest BCUT2D eigenvalue weighted by Gasteiger charge is -2.32. The van der Waals surface area contributed by atoms with Crippen LogP contribution in [0.2, 0.25) is 0 Å². The smallest absolute Gasteiger partial charge is 0.365 e. The molecule has 2 amide bonds. The number of hydrogen-bond donors (Lipinski definition) is 2. The molecule has 1 saturated heterocycles. The van der Waals surface area contributed by atoms with E-state index in [1.807, 2.05) is 13.8 Å². The largest absolute Gasteiger partial charge is 0.449 e. The highest BCUT2D eigenvalue weighted by Crippen LogP contribution is 2.29. The summed E-state index contributed by atoms with van der Waals surface area (Å²) >= 11 is 0. The molecule has 36 heavy (non-hydrogen) atoms. The van der Waals surface area contributed by atoms with Crippen molar-refractivity contribution in [2.75, 3.05) is 25.0 Å². The van der Waals surface area contributed by atoms with E-state index >= 15 is 0 Å². The molecule has 12 heteroatoms. The summed E-state index contributed by atoms with van der Waals surface area (Å²) in [7, 11) is 0. The van der Waals surface area contributed by atoms with Crippen LogP contribution in [-0.2, 0) is 15.7 Å². The molecule has 1 fully saturated rings. The minimum Gasteiger partial charge on any atom is -0.365 e. The van der Waals surface area contributed by atoms with Gasteiger partial charge in [0.05, 0.1) is 46.6 Å². The van der Waals surface area contributed by atoms with Crippen LogP contribution in [0.15, 0.2) is 36.4 Å². The monoisotopic (exact) mass is 498 g/mol. The molecular weight excluding hydrogens is 477 g/mol. The SMILES string of the molecule is Cc1nc2ccc(C(=O)N3CCOC(C(=O)Nc4ccc5nc(C(F)(F)F)[nH]c5c4)C3)cc2nc1C. The molecule has 0 spiro atoms. The number of halogens is 3. The molecule has 186 valence electrons. The number of anilines is 1. The van der Waals surface area contributed by atoms with Gasteiger partial charge in [-0.3, -0.25) is 9.59 Å². The Balaban J connectivity index is 1.29. The number of aryl methyl sites for hydroxylation is 2. The van der Waals surface area contributed by atoms with Crippen LogP contribution in [0.3, 0.4) is 0 Å². The quantitative estimate of drug-likeness (QED) is 0.446. The van der Waals surface area contributed by atoms with Crippen molar-refractivity contribution >= 4 is 39.6 Å². The summed E-state index contributed by atoms with van der Waals surface area (Å²) in [5.41, 5.74) is 3.83. The predicted molar refractivity (Wildman–Crippen MR) is 124 cm³/mol. The van der Waals surface area contributed by atoms with E-state index in [9.17, 15) is 22.8 Å². The summed E-state index contributed by atoms with van der Waals surface area (Å²) in [6.45, 7) is 4.20.